The largest absolute Gasteiger partial charge is 0.481 e. The summed E-state index contributed by atoms with van der Waals surface area (Å²) in [5, 5.41) is 12.8. The number of benzene rings is 2. The Balaban J connectivity index is 1.22. The van der Waals surface area contributed by atoms with Crippen molar-refractivity contribution in [3.05, 3.63) is 70.5 Å². The van der Waals surface area contributed by atoms with Crippen LogP contribution in [-0.2, 0) is 27.0 Å². The van der Waals surface area contributed by atoms with Gasteiger partial charge in [0.2, 0.25) is 0 Å². The van der Waals surface area contributed by atoms with Crippen molar-refractivity contribution in [3.8, 4) is 0 Å². The molecule has 0 radical (unpaired) electrons. The molecule has 6 nitrogen and oxygen atoms in total. The van der Waals surface area contributed by atoms with E-state index in [-0.39, 0.29) is 42.8 Å². The van der Waals surface area contributed by atoms with E-state index in [2.05, 4.69) is 10.2 Å². The normalized spacial score (nSPS) is 27.8. The van der Waals surface area contributed by atoms with Gasteiger partial charge in [0.1, 0.15) is 11.4 Å². The number of piperidine rings is 1. The van der Waals surface area contributed by atoms with Crippen LogP contribution >= 0.6 is 0 Å². The van der Waals surface area contributed by atoms with E-state index in [9.17, 15) is 32.3 Å². The first kappa shape index (κ1) is 28.5. The minimum Gasteiger partial charge on any atom is -0.481 e. The lowest BCUT2D eigenvalue weighted by Gasteiger charge is -2.46. The maximum atomic E-state index is 13.4. The van der Waals surface area contributed by atoms with E-state index >= 15 is 0 Å². The molecule has 2 saturated heterocycles. The third-order valence-electron chi connectivity index (χ3n) is 8.70. The maximum Gasteiger partial charge on any atom is 0.416 e. The smallest absolute Gasteiger partial charge is 0.416 e. The van der Waals surface area contributed by atoms with Crippen LogP contribution < -0.4 is 5.32 Å². The van der Waals surface area contributed by atoms with Crippen molar-refractivity contribution in [3.63, 3.8) is 0 Å². The number of rotatable bonds is 7. The second kappa shape index (κ2) is 11.1. The first-order valence-electron chi connectivity index (χ1n) is 13.8. The van der Waals surface area contributed by atoms with Crippen LogP contribution in [0.4, 0.5) is 17.6 Å². The second-order valence-corrected chi connectivity index (χ2v) is 11.4. The average molecular weight is 563 g/mol. The van der Waals surface area contributed by atoms with Crippen molar-refractivity contribution < 1.29 is 37.0 Å². The fraction of sp³-hybridized carbons (Fsp3) is 0.533. The van der Waals surface area contributed by atoms with Gasteiger partial charge in [-0.1, -0.05) is 23.8 Å². The van der Waals surface area contributed by atoms with Crippen LogP contribution in [0, 0.1) is 24.6 Å². The molecular weight excluding hydrogens is 528 g/mol. The van der Waals surface area contributed by atoms with Crippen LogP contribution in [-0.4, -0.2) is 53.2 Å². The second-order valence-electron chi connectivity index (χ2n) is 11.4. The fourth-order valence-corrected chi connectivity index (χ4v) is 6.43. The summed E-state index contributed by atoms with van der Waals surface area (Å²) in [6.45, 7) is 2.84. The molecular formula is C30H34F4N2O4. The lowest BCUT2D eigenvalue weighted by atomic mass is 9.79. The number of aryl methyl sites for hydroxylation is 1. The Hall–Kier alpha value is -2.98. The van der Waals surface area contributed by atoms with Crippen LogP contribution in [0.3, 0.4) is 0 Å². The van der Waals surface area contributed by atoms with Gasteiger partial charge in [-0.3, -0.25) is 14.5 Å². The zero-order valence-corrected chi connectivity index (χ0v) is 22.3. The number of carboxylic acid groups (broad SMARTS) is 1. The van der Waals surface area contributed by atoms with Gasteiger partial charge in [-0.25, -0.2) is 4.39 Å². The van der Waals surface area contributed by atoms with Gasteiger partial charge in [-0.15, -0.1) is 0 Å². The molecule has 2 N–H and O–H groups in total. The molecule has 40 heavy (non-hydrogen) atoms. The number of hydrogen-bond acceptors (Lipinski definition) is 4. The van der Waals surface area contributed by atoms with Gasteiger partial charge < -0.3 is 15.2 Å². The van der Waals surface area contributed by atoms with Crippen LogP contribution in [0.2, 0.25) is 0 Å². The molecule has 10 heteroatoms. The first-order valence-corrected chi connectivity index (χ1v) is 13.8. The minimum absolute atomic E-state index is 0.0258. The van der Waals surface area contributed by atoms with E-state index < -0.39 is 29.2 Å². The van der Waals surface area contributed by atoms with Crippen molar-refractivity contribution >= 4 is 11.9 Å². The molecule has 0 spiro atoms. The standard InChI is InChI=1S/C30H34F4N2O4/c1-18-12-19(14-22(13-18)30(32,33)34)15-35-28(39)29(21-4-5-21)10-8-24(17-40-29)36-11-9-25(26(16-36)27(37)38)20-2-6-23(31)7-3-20/h2-3,6-7,12-14,21,24-26H,4-5,8-11,15-17H2,1H3,(H,35,39)(H,37,38)/t24-,25+,26-,29+/m1/s1. The van der Waals surface area contributed by atoms with Gasteiger partial charge in [0, 0.05) is 19.1 Å². The molecule has 3 aliphatic rings. The van der Waals surface area contributed by atoms with Gasteiger partial charge in [0.25, 0.3) is 5.91 Å². The average Bonchev–Trinajstić information content (AvgIpc) is 3.77. The molecule has 5 rings (SSSR count). The lowest BCUT2D eigenvalue weighted by Crippen LogP contribution is -2.58. The maximum absolute atomic E-state index is 13.4. The number of nitrogens with one attached hydrogen (secondary N) is 1. The van der Waals surface area contributed by atoms with Crippen molar-refractivity contribution in [2.24, 2.45) is 11.8 Å². The summed E-state index contributed by atoms with van der Waals surface area (Å²) in [4.78, 5) is 27.7. The third kappa shape index (κ3) is 6.02. The quantitative estimate of drug-likeness (QED) is 0.449. The Morgan fingerprint density at radius 3 is 2.42 bits per heavy atom. The number of ether oxygens (including phenoxy) is 1. The lowest BCUT2D eigenvalue weighted by molar-refractivity contribution is -0.166. The summed E-state index contributed by atoms with van der Waals surface area (Å²) in [7, 11) is 0. The van der Waals surface area contributed by atoms with Crippen LogP contribution in [0.25, 0.3) is 0 Å². The van der Waals surface area contributed by atoms with Gasteiger partial charge in [0.15, 0.2) is 0 Å². The summed E-state index contributed by atoms with van der Waals surface area (Å²) in [5.41, 5.74) is -0.104. The highest BCUT2D eigenvalue weighted by Gasteiger charge is 2.54. The molecule has 0 unspecified atom stereocenters. The van der Waals surface area contributed by atoms with E-state index in [1.165, 1.54) is 12.1 Å². The molecule has 2 aromatic carbocycles. The summed E-state index contributed by atoms with van der Waals surface area (Å²) < 4.78 is 59.4. The summed E-state index contributed by atoms with van der Waals surface area (Å²) >= 11 is 0. The van der Waals surface area contributed by atoms with Crippen LogP contribution in [0.5, 0.6) is 0 Å². The highest BCUT2D eigenvalue weighted by Crippen LogP contribution is 2.47. The zero-order chi connectivity index (χ0) is 28.7. The van der Waals surface area contributed by atoms with Crippen molar-refractivity contribution in [2.45, 2.75) is 69.3 Å². The highest BCUT2D eigenvalue weighted by atomic mass is 19.4. The molecule has 3 fully saturated rings. The molecule has 0 bridgehead atoms. The van der Waals surface area contributed by atoms with Gasteiger partial charge in [0.05, 0.1) is 18.1 Å². The number of amides is 1. The van der Waals surface area contributed by atoms with Crippen molar-refractivity contribution in [1.29, 1.82) is 0 Å². The predicted molar refractivity (Wildman–Crippen MR) is 139 cm³/mol. The molecule has 1 saturated carbocycles. The Morgan fingerprint density at radius 1 is 1.10 bits per heavy atom. The summed E-state index contributed by atoms with van der Waals surface area (Å²) in [6, 6.07) is 9.74. The Morgan fingerprint density at radius 2 is 1.82 bits per heavy atom. The number of nitrogens with zero attached hydrogens (tertiary/aromatic N) is 1. The van der Waals surface area contributed by atoms with E-state index in [4.69, 9.17) is 4.74 Å². The topological polar surface area (TPSA) is 78.9 Å². The first-order chi connectivity index (χ1) is 19.0. The van der Waals surface area contributed by atoms with Gasteiger partial charge >= 0.3 is 12.1 Å². The third-order valence-corrected chi connectivity index (χ3v) is 8.70. The van der Waals surface area contributed by atoms with E-state index in [0.29, 0.717) is 43.5 Å². The summed E-state index contributed by atoms with van der Waals surface area (Å²) in [6.07, 6.45) is -1.03. The number of carbonyl (C=O) groups is 2. The predicted octanol–water partition coefficient (Wildman–Crippen LogP) is 5.29. The molecule has 2 aromatic rings. The van der Waals surface area contributed by atoms with Crippen LogP contribution in [0.15, 0.2) is 42.5 Å². The Bertz CT molecular complexity index is 1240. The van der Waals surface area contributed by atoms with Gasteiger partial charge in [-0.05, 0) is 92.8 Å². The summed E-state index contributed by atoms with van der Waals surface area (Å²) in [5.74, 6) is -2.36. The highest BCUT2D eigenvalue weighted by molar-refractivity contribution is 5.86. The molecule has 1 amide bonds. The molecule has 4 atom stereocenters. The zero-order valence-electron chi connectivity index (χ0n) is 22.3. The number of carbonyl (C=O) groups excluding carboxylic acids is 1. The number of halogens is 4. The van der Waals surface area contributed by atoms with E-state index in [1.807, 2.05) is 0 Å². The number of alkyl halides is 3. The van der Waals surface area contributed by atoms with E-state index in [0.717, 1.165) is 30.5 Å². The van der Waals surface area contributed by atoms with E-state index in [1.54, 1.807) is 25.1 Å². The van der Waals surface area contributed by atoms with Crippen molar-refractivity contribution in [2.75, 3.05) is 19.7 Å². The number of hydrogen-bond donors (Lipinski definition) is 2. The monoisotopic (exact) mass is 562 g/mol. The number of carboxylic acids is 1. The molecule has 216 valence electrons. The minimum atomic E-state index is -4.46. The van der Waals surface area contributed by atoms with Crippen molar-refractivity contribution in [1.82, 2.24) is 10.2 Å². The molecule has 1 aliphatic carbocycles. The fourth-order valence-electron chi connectivity index (χ4n) is 6.43. The SMILES string of the molecule is Cc1cc(CNC(=O)[C@@]2(C3CC3)CC[C@@H](N3CC[C@@H](c4ccc(F)cc4)[C@H](C(=O)O)C3)CO2)cc(C(F)(F)F)c1. The molecule has 0 aromatic heterocycles. The number of likely N-dealkylation sites (tertiary alicyclic amines) is 1. The van der Waals surface area contributed by atoms with Crippen LogP contribution in [0.1, 0.15) is 60.3 Å². The molecule has 2 heterocycles. The molecule has 2 aliphatic heterocycles. The van der Waals surface area contributed by atoms with Gasteiger partial charge in [-0.2, -0.15) is 13.2 Å². The Kier molecular flexibility index (Phi) is 7.94. The number of aliphatic carboxylic acids is 1. The Labute approximate surface area is 230 Å².